The van der Waals surface area contributed by atoms with Crippen molar-refractivity contribution >= 4 is 35.5 Å². The lowest BCUT2D eigenvalue weighted by molar-refractivity contribution is -0.118. The van der Waals surface area contributed by atoms with Crippen LogP contribution in [0.4, 0.5) is 0 Å². The lowest BCUT2D eigenvalue weighted by atomic mass is 10.2. The van der Waals surface area contributed by atoms with Gasteiger partial charge in [-0.15, -0.1) is 11.8 Å². The Morgan fingerprint density at radius 3 is 2.63 bits per heavy atom. The van der Waals surface area contributed by atoms with Crippen LogP contribution >= 0.6 is 23.4 Å². The number of hydrazone groups is 1. The lowest BCUT2D eigenvalue weighted by Gasteiger charge is -2.11. The fourth-order valence-electron chi connectivity index (χ4n) is 2.23. The summed E-state index contributed by atoms with van der Waals surface area (Å²) in [6, 6.07) is 13.1. The van der Waals surface area contributed by atoms with Gasteiger partial charge in [-0.1, -0.05) is 29.8 Å². The number of hydrogen-bond acceptors (Lipinski definition) is 5. The number of benzene rings is 2. The van der Waals surface area contributed by atoms with Gasteiger partial charge in [-0.05, 0) is 49.2 Å². The zero-order valence-electron chi connectivity index (χ0n) is 15.4. The average molecular weight is 407 g/mol. The fourth-order valence-corrected chi connectivity index (χ4v) is 3.33. The molecular weight excluding hydrogens is 384 g/mol. The second kappa shape index (κ2) is 11.5. The van der Waals surface area contributed by atoms with Crippen molar-refractivity contribution in [3.05, 3.63) is 58.6 Å². The minimum atomic E-state index is -0.167. The molecule has 0 heterocycles. The second-order valence-corrected chi connectivity index (χ2v) is 6.84. The van der Waals surface area contributed by atoms with E-state index in [0.29, 0.717) is 41.2 Å². The quantitative estimate of drug-likeness (QED) is 0.465. The summed E-state index contributed by atoms with van der Waals surface area (Å²) in [5.74, 6) is 2.16. The summed E-state index contributed by atoms with van der Waals surface area (Å²) in [6.45, 7) is 4.94. The number of ether oxygens (including phenoxy) is 2. The molecule has 0 aromatic heterocycles. The van der Waals surface area contributed by atoms with Crippen molar-refractivity contribution in [1.29, 1.82) is 0 Å². The smallest absolute Gasteiger partial charge is 0.250 e. The van der Waals surface area contributed by atoms with E-state index in [4.69, 9.17) is 21.1 Å². The SMILES string of the molecule is CCOc1ccc(/C=N/NC(=O)CSCc2ccccc2Cl)cc1OCC. The van der Waals surface area contributed by atoms with Crippen LogP contribution in [0.5, 0.6) is 11.5 Å². The Balaban J connectivity index is 1.82. The predicted octanol–water partition coefficient (Wildman–Crippen LogP) is 4.52. The average Bonchev–Trinajstić information content (AvgIpc) is 2.66. The van der Waals surface area contributed by atoms with Gasteiger partial charge in [0.25, 0.3) is 0 Å². The molecule has 0 atom stereocenters. The molecule has 0 aliphatic heterocycles. The highest BCUT2D eigenvalue weighted by atomic mass is 35.5. The molecule has 0 aliphatic carbocycles. The van der Waals surface area contributed by atoms with Gasteiger partial charge in [0, 0.05) is 10.8 Å². The standard InChI is InChI=1S/C20H23ClN2O3S/c1-3-25-18-10-9-15(11-19(18)26-4-2)12-22-23-20(24)14-27-13-16-7-5-6-8-17(16)21/h5-12H,3-4,13-14H2,1-2H3,(H,23,24)/b22-12+. The van der Waals surface area contributed by atoms with E-state index in [0.717, 1.165) is 11.1 Å². The molecule has 2 aromatic rings. The van der Waals surface area contributed by atoms with Crippen LogP contribution in [0.15, 0.2) is 47.6 Å². The van der Waals surface area contributed by atoms with Crippen molar-refractivity contribution in [2.24, 2.45) is 5.10 Å². The molecule has 0 unspecified atom stereocenters. The molecule has 0 radical (unpaired) electrons. The van der Waals surface area contributed by atoms with Crippen LogP contribution in [-0.4, -0.2) is 31.1 Å². The Hall–Kier alpha value is -2.18. The van der Waals surface area contributed by atoms with Crippen LogP contribution in [0, 0.1) is 0 Å². The van der Waals surface area contributed by atoms with E-state index in [1.54, 1.807) is 6.21 Å². The Kier molecular flexibility index (Phi) is 9.01. The number of carbonyl (C=O) groups excluding carboxylic acids is 1. The van der Waals surface area contributed by atoms with E-state index in [9.17, 15) is 4.79 Å². The Morgan fingerprint density at radius 2 is 1.89 bits per heavy atom. The zero-order chi connectivity index (χ0) is 19.5. The zero-order valence-corrected chi connectivity index (χ0v) is 17.0. The molecule has 7 heteroatoms. The van der Waals surface area contributed by atoms with Crippen molar-refractivity contribution in [1.82, 2.24) is 5.43 Å². The monoisotopic (exact) mass is 406 g/mol. The molecule has 1 N–H and O–H groups in total. The Morgan fingerprint density at radius 1 is 1.15 bits per heavy atom. The number of hydrogen-bond donors (Lipinski definition) is 1. The summed E-state index contributed by atoms with van der Waals surface area (Å²) in [7, 11) is 0. The third-order valence-corrected chi connectivity index (χ3v) is 4.77. The van der Waals surface area contributed by atoms with Gasteiger partial charge in [0.1, 0.15) is 0 Å². The van der Waals surface area contributed by atoms with E-state index in [2.05, 4.69) is 10.5 Å². The van der Waals surface area contributed by atoms with Gasteiger partial charge in [-0.2, -0.15) is 5.10 Å². The molecule has 2 aromatic carbocycles. The van der Waals surface area contributed by atoms with Crippen molar-refractivity contribution in [2.45, 2.75) is 19.6 Å². The van der Waals surface area contributed by atoms with E-state index >= 15 is 0 Å². The highest BCUT2D eigenvalue weighted by Crippen LogP contribution is 2.28. The minimum absolute atomic E-state index is 0.167. The number of thioether (sulfide) groups is 1. The second-order valence-electron chi connectivity index (χ2n) is 5.45. The third kappa shape index (κ3) is 7.15. The topological polar surface area (TPSA) is 59.9 Å². The largest absolute Gasteiger partial charge is 0.490 e. The highest BCUT2D eigenvalue weighted by Gasteiger charge is 2.06. The molecule has 0 bridgehead atoms. The maximum Gasteiger partial charge on any atom is 0.250 e. The molecular formula is C20H23ClN2O3S. The first-order valence-electron chi connectivity index (χ1n) is 8.66. The summed E-state index contributed by atoms with van der Waals surface area (Å²) in [5.41, 5.74) is 4.35. The Labute approximate surface area is 169 Å². The number of nitrogens with one attached hydrogen (secondary N) is 1. The van der Waals surface area contributed by atoms with Gasteiger partial charge < -0.3 is 9.47 Å². The molecule has 0 spiro atoms. The van der Waals surface area contributed by atoms with Crippen LogP contribution in [0.25, 0.3) is 0 Å². The van der Waals surface area contributed by atoms with Crippen LogP contribution in [0.1, 0.15) is 25.0 Å². The molecule has 1 amide bonds. The van der Waals surface area contributed by atoms with E-state index in [1.807, 2.05) is 56.3 Å². The molecule has 5 nitrogen and oxygen atoms in total. The van der Waals surface area contributed by atoms with Crippen LogP contribution in [-0.2, 0) is 10.5 Å². The van der Waals surface area contributed by atoms with E-state index < -0.39 is 0 Å². The van der Waals surface area contributed by atoms with Gasteiger partial charge in [-0.25, -0.2) is 5.43 Å². The summed E-state index contributed by atoms with van der Waals surface area (Å²) in [5, 5.41) is 4.71. The number of carbonyl (C=O) groups is 1. The molecule has 0 fully saturated rings. The maximum absolute atomic E-state index is 11.9. The minimum Gasteiger partial charge on any atom is -0.490 e. The lowest BCUT2D eigenvalue weighted by Crippen LogP contribution is -2.19. The van der Waals surface area contributed by atoms with Gasteiger partial charge >= 0.3 is 0 Å². The van der Waals surface area contributed by atoms with Crippen LogP contribution < -0.4 is 14.9 Å². The first-order valence-corrected chi connectivity index (χ1v) is 10.2. The molecule has 144 valence electrons. The first-order chi connectivity index (χ1) is 13.1. The van der Waals surface area contributed by atoms with Crippen LogP contribution in [0.2, 0.25) is 5.02 Å². The number of rotatable bonds is 10. The first kappa shape index (κ1) is 21.1. The van der Waals surface area contributed by atoms with Crippen molar-refractivity contribution in [2.75, 3.05) is 19.0 Å². The molecule has 0 saturated carbocycles. The van der Waals surface area contributed by atoms with Crippen LogP contribution in [0.3, 0.4) is 0 Å². The fraction of sp³-hybridized carbons (Fsp3) is 0.300. The number of nitrogens with zero attached hydrogens (tertiary/aromatic N) is 1. The van der Waals surface area contributed by atoms with Gasteiger partial charge in [0.2, 0.25) is 5.91 Å². The van der Waals surface area contributed by atoms with Crippen molar-refractivity contribution < 1.29 is 14.3 Å². The van der Waals surface area contributed by atoms with Crippen molar-refractivity contribution in [3.8, 4) is 11.5 Å². The van der Waals surface area contributed by atoms with E-state index in [1.165, 1.54) is 11.8 Å². The van der Waals surface area contributed by atoms with Gasteiger partial charge in [0.15, 0.2) is 11.5 Å². The third-order valence-electron chi connectivity index (χ3n) is 3.42. The number of halogens is 1. The normalized spacial score (nSPS) is 10.8. The molecule has 0 saturated heterocycles. The summed E-state index contributed by atoms with van der Waals surface area (Å²) < 4.78 is 11.1. The van der Waals surface area contributed by atoms with E-state index in [-0.39, 0.29) is 5.91 Å². The van der Waals surface area contributed by atoms with Gasteiger partial charge in [0.05, 0.1) is 25.2 Å². The molecule has 27 heavy (non-hydrogen) atoms. The molecule has 0 aliphatic rings. The summed E-state index contributed by atoms with van der Waals surface area (Å²) >= 11 is 7.58. The Bertz CT molecular complexity index is 784. The highest BCUT2D eigenvalue weighted by molar-refractivity contribution is 7.99. The maximum atomic E-state index is 11.9. The summed E-state index contributed by atoms with van der Waals surface area (Å²) in [4.78, 5) is 11.9. The predicted molar refractivity (Wildman–Crippen MR) is 112 cm³/mol. The van der Waals surface area contributed by atoms with Crippen molar-refractivity contribution in [3.63, 3.8) is 0 Å². The summed E-state index contributed by atoms with van der Waals surface area (Å²) in [6.07, 6.45) is 1.58. The molecule has 2 rings (SSSR count). The van der Waals surface area contributed by atoms with Gasteiger partial charge in [-0.3, -0.25) is 4.79 Å². The number of amides is 1.